The molecule has 146 valence electrons. The Morgan fingerprint density at radius 2 is 1.89 bits per heavy atom. The molecule has 1 aliphatic heterocycles. The van der Waals surface area contributed by atoms with Crippen molar-refractivity contribution in [3.63, 3.8) is 0 Å². The van der Waals surface area contributed by atoms with Crippen LogP contribution in [0.2, 0.25) is 5.02 Å². The first-order valence-corrected chi connectivity index (χ1v) is 11.4. The molecule has 3 aromatic rings. The number of hydrogen-bond acceptors (Lipinski definition) is 5. The molecular weight excluding hydrogens is 416 g/mol. The minimum atomic E-state index is -3.55. The van der Waals surface area contributed by atoms with E-state index in [4.69, 9.17) is 17.3 Å². The number of nitrogens with zero attached hydrogens (tertiary/aromatic N) is 2. The van der Waals surface area contributed by atoms with E-state index in [1.807, 2.05) is 48.5 Å². The maximum absolute atomic E-state index is 12.4. The number of aromatic amines is 1. The Kier molecular flexibility index (Phi) is 4.52. The minimum Gasteiger partial charge on any atom is -0.369 e. The molecule has 3 N–H and O–H groups in total. The summed E-state index contributed by atoms with van der Waals surface area (Å²) < 4.78 is 25.9. The normalized spacial score (nSPS) is 21.5. The Hall–Kier alpha value is -2.29. The number of benzene rings is 1. The predicted molar refractivity (Wildman–Crippen MR) is 115 cm³/mol. The summed E-state index contributed by atoms with van der Waals surface area (Å²) in [5.41, 5.74) is 7.82. The topological polar surface area (TPSA) is 91.5 Å². The Morgan fingerprint density at radius 1 is 1.21 bits per heavy atom. The van der Waals surface area contributed by atoms with E-state index < -0.39 is 15.6 Å². The number of aromatic nitrogens is 1. The number of halogens is 1. The highest BCUT2D eigenvalue weighted by atomic mass is 35.5. The van der Waals surface area contributed by atoms with Gasteiger partial charge in [-0.1, -0.05) is 41.9 Å². The van der Waals surface area contributed by atoms with E-state index in [1.165, 1.54) is 18.4 Å². The van der Waals surface area contributed by atoms with E-state index in [0.29, 0.717) is 9.90 Å². The fourth-order valence-corrected chi connectivity index (χ4v) is 6.40. The van der Waals surface area contributed by atoms with Gasteiger partial charge in [0.15, 0.2) is 0 Å². The van der Waals surface area contributed by atoms with Crippen LogP contribution in [0.15, 0.2) is 53.5 Å². The Bertz CT molecular complexity index is 1170. The van der Waals surface area contributed by atoms with E-state index in [9.17, 15) is 8.42 Å². The summed E-state index contributed by atoms with van der Waals surface area (Å²) in [5.74, 6) is -0.220. The maximum atomic E-state index is 12.4. The fraction of sp³-hybridized carbons (Fsp3) is 0.211. The van der Waals surface area contributed by atoms with Crippen LogP contribution in [0, 0.1) is 0 Å². The summed E-state index contributed by atoms with van der Waals surface area (Å²) >= 11 is 7.92. The number of rotatable bonds is 3. The lowest BCUT2D eigenvalue weighted by Crippen LogP contribution is -2.50. The van der Waals surface area contributed by atoms with E-state index in [1.54, 1.807) is 6.92 Å². The molecule has 1 unspecified atom stereocenters. The van der Waals surface area contributed by atoms with Crippen molar-refractivity contribution in [3.05, 3.63) is 58.4 Å². The molecule has 1 aliphatic rings. The van der Waals surface area contributed by atoms with Gasteiger partial charge in [0.1, 0.15) is 5.54 Å². The number of nitrogens with two attached hydrogens (primary N) is 1. The minimum absolute atomic E-state index is 0.0361. The Labute approximate surface area is 172 Å². The molecule has 6 nitrogen and oxygen atoms in total. The first-order valence-electron chi connectivity index (χ1n) is 8.56. The highest BCUT2D eigenvalue weighted by Crippen LogP contribution is 2.44. The van der Waals surface area contributed by atoms with Crippen molar-refractivity contribution in [2.75, 3.05) is 12.8 Å². The van der Waals surface area contributed by atoms with Crippen molar-refractivity contribution < 1.29 is 8.42 Å². The average Bonchev–Trinajstić information content (AvgIpc) is 3.27. The van der Waals surface area contributed by atoms with Crippen molar-refractivity contribution in [1.82, 2.24) is 9.29 Å². The highest BCUT2D eigenvalue weighted by Gasteiger charge is 2.42. The first kappa shape index (κ1) is 19.0. The van der Waals surface area contributed by atoms with E-state index in [2.05, 4.69) is 9.98 Å². The van der Waals surface area contributed by atoms with E-state index >= 15 is 0 Å². The van der Waals surface area contributed by atoms with Gasteiger partial charge >= 0.3 is 0 Å². The van der Waals surface area contributed by atoms with Crippen LogP contribution in [0.5, 0.6) is 0 Å². The second kappa shape index (κ2) is 6.65. The van der Waals surface area contributed by atoms with E-state index in [0.717, 1.165) is 26.1 Å². The van der Waals surface area contributed by atoms with Crippen LogP contribution < -0.4 is 5.73 Å². The van der Waals surface area contributed by atoms with Crippen LogP contribution in [0.25, 0.3) is 21.8 Å². The van der Waals surface area contributed by atoms with Gasteiger partial charge in [0.05, 0.1) is 26.2 Å². The smallest absolute Gasteiger partial charge is 0.239 e. The van der Waals surface area contributed by atoms with Crippen LogP contribution >= 0.6 is 22.9 Å². The van der Waals surface area contributed by atoms with Crippen molar-refractivity contribution in [2.24, 2.45) is 10.7 Å². The van der Waals surface area contributed by atoms with Crippen LogP contribution in [0.3, 0.4) is 0 Å². The molecular formula is C19H19ClN4O2S2. The number of thiophene rings is 1. The van der Waals surface area contributed by atoms with Crippen molar-refractivity contribution in [2.45, 2.75) is 12.5 Å². The zero-order valence-corrected chi connectivity index (χ0v) is 17.7. The summed E-state index contributed by atoms with van der Waals surface area (Å²) in [7, 11) is -2.15. The molecule has 1 atom stereocenters. The SMILES string of the molecule is CN1C(N)=NC(C)(c2sc(-c3ccc(-c4ccccc4)[nH]3)cc2Cl)CS1(=O)=O. The molecule has 0 saturated carbocycles. The highest BCUT2D eigenvalue weighted by molar-refractivity contribution is 7.89. The quantitative estimate of drug-likeness (QED) is 0.655. The maximum Gasteiger partial charge on any atom is 0.239 e. The lowest BCUT2D eigenvalue weighted by molar-refractivity contribution is 0.482. The van der Waals surface area contributed by atoms with Crippen molar-refractivity contribution >= 4 is 38.9 Å². The molecule has 3 heterocycles. The van der Waals surface area contributed by atoms with Crippen molar-refractivity contribution in [1.29, 1.82) is 0 Å². The van der Waals surface area contributed by atoms with Gasteiger partial charge < -0.3 is 10.7 Å². The molecule has 28 heavy (non-hydrogen) atoms. The summed E-state index contributed by atoms with van der Waals surface area (Å²) in [6.45, 7) is 1.75. The lowest BCUT2D eigenvalue weighted by atomic mass is 10.0. The monoisotopic (exact) mass is 434 g/mol. The summed E-state index contributed by atoms with van der Waals surface area (Å²) in [5, 5.41) is 0.481. The molecule has 9 heteroatoms. The van der Waals surface area contributed by atoms with Gasteiger partial charge in [-0.3, -0.25) is 0 Å². The summed E-state index contributed by atoms with van der Waals surface area (Å²) in [6, 6.07) is 15.8. The average molecular weight is 435 g/mol. The number of hydrogen-bond donors (Lipinski definition) is 2. The molecule has 0 saturated heterocycles. The zero-order chi connectivity index (χ0) is 20.1. The third-order valence-corrected chi connectivity index (χ3v) is 8.56. The van der Waals surface area contributed by atoms with Gasteiger partial charge in [-0.25, -0.2) is 17.7 Å². The molecule has 0 bridgehead atoms. The van der Waals surface area contributed by atoms with Gasteiger partial charge in [0.2, 0.25) is 16.0 Å². The van der Waals surface area contributed by atoms with E-state index in [-0.39, 0.29) is 11.7 Å². The summed E-state index contributed by atoms with van der Waals surface area (Å²) in [4.78, 5) is 9.43. The second-order valence-corrected chi connectivity index (χ2v) is 10.4. The number of guanidine groups is 1. The summed E-state index contributed by atoms with van der Waals surface area (Å²) in [6.07, 6.45) is 0. The van der Waals surface area contributed by atoms with Gasteiger partial charge in [0.25, 0.3) is 0 Å². The number of aliphatic imine (C=N–C) groups is 1. The van der Waals surface area contributed by atoms with Crippen LogP contribution in [-0.2, 0) is 15.6 Å². The van der Waals surface area contributed by atoms with Gasteiger partial charge in [-0.05, 0) is 30.7 Å². The van der Waals surface area contributed by atoms with Crippen LogP contribution in [0.1, 0.15) is 11.8 Å². The Morgan fingerprint density at radius 3 is 2.57 bits per heavy atom. The molecule has 4 rings (SSSR count). The molecule has 1 aromatic carbocycles. The molecule has 2 aromatic heterocycles. The third-order valence-electron chi connectivity index (χ3n) is 4.78. The molecule has 0 spiro atoms. The molecule has 0 radical (unpaired) electrons. The largest absolute Gasteiger partial charge is 0.369 e. The van der Waals surface area contributed by atoms with Crippen LogP contribution in [0.4, 0.5) is 0 Å². The van der Waals surface area contributed by atoms with Crippen molar-refractivity contribution in [3.8, 4) is 21.8 Å². The molecule has 0 fully saturated rings. The number of nitrogens with one attached hydrogen (secondary N) is 1. The molecule has 0 amide bonds. The van der Waals surface area contributed by atoms with Gasteiger partial charge in [-0.15, -0.1) is 11.3 Å². The Balaban J connectivity index is 1.73. The second-order valence-electron chi connectivity index (χ2n) is 6.91. The fourth-order valence-electron chi connectivity index (χ4n) is 3.26. The van der Waals surface area contributed by atoms with Gasteiger partial charge in [-0.2, -0.15) is 0 Å². The number of sulfonamides is 1. The standard InChI is InChI=1S/C19H19ClN4O2S2/c1-19(11-28(25,26)24(2)18(21)23-19)17-13(20)10-16(27-17)15-9-8-14(22-15)12-6-4-3-5-7-12/h3-10,22H,11H2,1-2H3,(H2,21,23). The van der Waals surface area contributed by atoms with Crippen LogP contribution in [-0.4, -0.2) is 36.5 Å². The lowest BCUT2D eigenvalue weighted by Gasteiger charge is -2.33. The zero-order valence-electron chi connectivity index (χ0n) is 15.3. The van der Waals surface area contributed by atoms with Gasteiger partial charge in [0, 0.05) is 12.7 Å². The third kappa shape index (κ3) is 3.21. The first-order chi connectivity index (χ1) is 13.2. The number of H-pyrrole nitrogens is 1. The predicted octanol–water partition coefficient (Wildman–Crippen LogP) is 3.87. The molecule has 0 aliphatic carbocycles.